The molecule has 1 aromatic heterocycles. The van der Waals surface area contributed by atoms with E-state index in [4.69, 9.17) is 15.3 Å². The fourth-order valence-electron chi connectivity index (χ4n) is 1.74. The number of aromatic nitrogens is 2. The van der Waals surface area contributed by atoms with Crippen LogP contribution in [0.2, 0.25) is 0 Å². The molecule has 0 radical (unpaired) electrons. The van der Waals surface area contributed by atoms with Gasteiger partial charge in [0.25, 0.3) is 0 Å². The molecule has 1 heterocycles. The van der Waals surface area contributed by atoms with Crippen molar-refractivity contribution in [3.63, 3.8) is 0 Å². The summed E-state index contributed by atoms with van der Waals surface area (Å²) < 4.78 is 10.9. The summed E-state index contributed by atoms with van der Waals surface area (Å²) in [6.45, 7) is 10.5. The van der Waals surface area contributed by atoms with Crippen LogP contribution in [0, 0.1) is 5.92 Å². The van der Waals surface area contributed by atoms with Crippen molar-refractivity contribution in [3.8, 4) is 0 Å². The van der Waals surface area contributed by atoms with Crippen LogP contribution in [0.4, 0.5) is 11.6 Å². The van der Waals surface area contributed by atoms with E-state index in [0.29, 0.717) is 49.8 Å². The molecule has 1 rings (SSSR count). The van der Waals surface area contributed by atoms with Crippen LogP contribution in [0.5, 0.6) is 0 Å². The SMILES string of the molecule is CCOCc1nc(NN)cc(NC(COCC)C(C)C)n1. The van der Waals surface area contributed by atoms with Gasteiger partial charge in [-0.1, -0.05) is 13.8 Å². The lowest BCUT2D eigenvalue weighted by molar-refractivity contribution is 0.126. The van der Waals surface area contributed by atoms with Crippen LogP contribution < -0.4 is 16.6 Å². The van der Waals surface area contributed by atoms with Crippen molar-refractivity contribution >= 4 is 11.6 Å². The van der Waals surface area contributed by atoms with Gasteiger partial charge in [-0.3, -0.25) is 0 Å². The van der Waals surface area contributed by atoms with Gasteiger partial charge in [-0.2, -0.15) is 0 Å². The van der Waals surface area contributed by atoms with Crippen molar-refractivity contribution in [3.05, 3.63) is 11.9 Å². The third kappa shape index (κ3) is 6.24. The first kappa shape index (κ1) is 17.6. The van der Waals surface area contributed by atoms with Crippen LogP contribution in [-0.4, -0.2) is 35.8 Å². The van der Waals surface area contributed by atoms with Gasteiger partial charge < -0.3 is 20.2 Å². The van der Waals surface area contributed by atoms with E-state index in [0.717, 1.165) is 0 Å². The Morgan fingerprint density at radius 3 is 2.38 bits per heavy atom. The molecule has 120 valence electrons. The molecule has 0 aliphatic heterocycles. The van der Waals surface area contributed by atoms with Crippen molar-refractivity contribution in [1.82, 2.24) is 9.97 Å². The van der Waals surface area contributed by atoms with Gasteiger partial charge in [-0.05, 0) is 19.8 Å². The highest BCUT2D eigenvalue weighted by Crippen LogP contribution is 2.15. The van der Waals surface area contributed by atoms with Crippen molar-refractivity contribution in [2.75, 3.05) is 30.6 Å². The number of nitrogens with zero attached hydrogens (tertiary/aromatic N) is 2. The number of nitrogen functional groups attached to an aromatic ring is 1. The number of nitrogens with one attached hydrogen (secondary N) is 2. The standard InChI is InChI=1S/C14H27N5O2/c1-5-20-8-11(10(3)4)16-12-7-13(19-15)18-14(17-12)9-21-6-2/h7,10-11H,5-6,8-9,15H2,1-4H3,(H2,16,17,18,19). The largest absolute Gasteiger partial charge is 0.380 e. The molecule has 7 heteroatoms. The number of nitrogens with two attached hydrogens (primary N) is 1. The molecular formula is C14H27N5O2. The van der Waals surface area contributed by atoms with Gasteiger partial charge in [0, 0.05) is 19.3 Å². The second kappa shape index (κ2) is 9.49. The summed E-state index contributed by atoms with van der Waals surface area (Å²) in [4.78, 5) is 8.71. The molecule has 0 fully saturated rings. The minimum absolute atomic E-state index is 0.172. The Bertz CT molecular complexity index is 414. The summed E-state index contributed by atoms with van der Waals surface area (Å²) in [5.74, 6) is 7.73. The average Bonchev–Trinajstić information content (AvgIpc) is 2.48. The first-order valence-corrected chi connectivity index (χ1v) is 7.37. The normalized spacial score (nSPS) is 12.5. The van der Waals surface area contributed by atoms with E-state index in [1.165, 1.54) is 0 Å². The molecule has 0 bridgehead atoms. The third-order valence-electron chi connectivity index (χ3n) is 3.00. The molecule has 21 heavy (non-hydrogen) atoms. The van der Waals surface area contributed by atoms with Gasteiger partial charge in [-0.25, -0.2) is 15.8 Å². The van der Waals surface area contributed by atoms with Gasteiger partial charge >= 0.3 is 0 Å². The van der Waals surface area contributed by atoms with Crippen molar-refractivity contribution < 1.29 is 9.47 Å². The number of ether oxygens (including phenoxy) is 2. The number of anilines is 2. The smallest absolute Gasteiger partial charge is 0.158 e. The molecule has 4 N–H and O–H groups in total. The van der Waals surface area contributed by atoms with Crippen molar-refractivity contribution in [2.45, 2.75) is 40.3 Å². The Hall–Kier alpha value is -1.44. The van der Waals surface area contributed by atoms with E-state index in [1.807, 2.05) is 13.8 Å². The predicted molar refractivity (Wildman–Crippen MR) is 83.9 cm³/mol. The Morgan fingerprint density at radius 2 is 1.81 bits per heavy atom. The Balaban J connectivity index is 2.83. The van der Waals surface area contributed by atoms with Crippen LogP contribution >= 0.6 is 0 Å². The first-order valence-electron chi connectivity index (χ1n) is 7.37. The van der Waals surface area contributed by atoms with Crippen LogP contribution in [0.1, 0.15) is 33.5 Å². The fourth-order valence-corrected chi connectivity index (χ4v) is 1.74. The molecule has 7 nitrogen and oxygen atoms in total. The number of rotatable bonds is 10. The topological polar surface area (TPSA) is 94.3 Å². The molecule has 0 saturated carbocycles. The molecule has 0 aromatic carbocycles. The van der Waals surface area contributed by atoms with Crippen molar-refractivity contribution in [1.29, 1.82) is 0 Å². The van der Waals surface area contributed by atoms with E-state index >= 15 is 0 Å². The summed E-state index contributed by atoms with van der Waals surface area (Å²) >= 11 is 0. The fraction of sp³-hybridized carbons (Fsp3) is 0.714. The van der Waals surface area contributed by atoms with Gasteiger partial charge in [0.15, 0.2) is 5.82 Å². The predicted octanol–water partition coefficient (Wildman–Crippen LogP) is 1.77. The van der Waals surface area contributed by atoms with E-state index in [9.17, 15) is 0 Å². The Morgan fingerprint density at radius 1 is 1.14 bits per heavy atom. The summed E-state index contributed by atoms with van der Waals surface area (Å²) in [6, 6.07) is 1.95. The number of hydrazine groups is 1. The quantitative estimate of drug-likeness (QED) is 0.447. The lowest BCUT2D eigenvalue weighted by atomic mass is 10.1. The summed E-state index contributed by atoms with van der Waals surface area (Å²) in [5.41, 5.74) is 2.55. The van der Waals surface area contributed by atoms with E-state index in [1.54, 1.807) is 6.07 Å². The summed E-state index contributed by atoms with van der Waals surface area (Å²) in [7, 11) is 0. The van der Waals surface area contributed by atoms with Crippen molar-refractivity contribution in [2.24, 2.45) is 11.8 Å². The summed E-state index contributed by atoms with van der Waals surface area (Å²) in [6.07, 6.45) is 0. The molecule has 0 amide bonds. The molecule has 0 spiro atoms. The average molecular weight is 297 g/mol. The third-order valence-corrected chi connectivity index (χ3v) is 3.00. The minimum Gasteiger partial charge on any atom is -0.380 e. The molecule has 1 atom stereocenters. The number of hydrogen-bond acceptors (Lipinski definition) is 7. The van der Waals surface area contributed by atoms with Crippen LogP contribution in [0.3, 0.4) is 0 Å². The maximum Gasteiger partial charge on any atom is 0.158 e. The van der Waals surface area contributed by atoms with E-state index in [-0.39, 0.29) is 6.04 Å². The molecule has 0 aliphatic carbocycles. The maximum atomic E-state index is 5.51. The zero-order chi connectivity index (χ0) is 15.7. The van der Waals surface area contributed by atoms with Gasteiger partial charge in [0.1, 0.15) is 18.2 Å². The maximum absolute atomic E-state index is 5.51. The highest BCUT2D eigenvalue weighted by molar-refractivity contribution is 5.47. The van der Waals surface area contributed by atoms with Gasteiger partial charge in [-0.15, -0.1) is 0 Å². The second-order valence-corrected chi connectivity index (χ2v) is 4.99. The molecule has 0 saturated heterocycles. The highest BCUT2D eigenvalue weighted by atomic mass is 16.5. The first-order chi connectivity index (χ1) is 10.1. The second-order valence-electron chi connectivity index (χ2n) is 4.99. The lowest BCUT2D eigenvalue weighted by Gasteiger charge is -2.23. The van der Waals surface area contributed by atoms with Gasteiger partial charge in [0.2, 0.25) is 0 Å². The number of hydrogen-bond donors (Lipinski definition) is 3. The monoisotopic (exact) mass is 297 g/mol. The van der Waals surface area contributed by atoms with E-state index < -0.39 is 0 Å². The lowest BCUT2D eigenvalue weighted by Crippen LogP contribution is -2.31. The Labute approximate surface area is 126 Å². The van der Waals surface area contributed by atoms with E-state index in [2.05, 4.69) is 34.6 Å². The molecular weight excluding hydrogens is 270 g/mol. The van der Waals surface area contributed by atoms with Crippen LogP contribution in [0.15, 0.2) is 6.07 Å². The molecule has 1 aromatic rings. The summed E-state index contributed by atoms with van der Waals surface area (Å²) in [5, 5.41) is 3.38. The van der Waals surface area contributed by atoms with Crippen LogP contribution in [-0.2, 0) is 16.1 Å². The molecule has 1 unspecified atom stereocenters. The minimum atomic E-state index is 0.172. The zero-order valence-electron chi connectivity index (χ0n) is 13.3. The van der Waals surface area contributed by atoms with Crippen LogP contribution in [0.25, 0.3) is 0 Å². The molecule has 0 aliphatic rings. The van der Waals surface area contributed by atoms with Gasteiger partial charge in [0.05, 0.1) is 12.6 Å². The highest BCUT2D eigenvalue weighted by Gasteiger charge is 2.15. The Kier molecular flexibility index (Phi) is 7.96. The zero-order valence-corrected chi connectivity index (χ0v) is 13.3.